The molecular weight excluding hydrogens is 449 g/mol. The van der Waals surface area contributed by atoms with Crippen LogP contribution in [0.25, 0.3) is 22.1 Å². The van der Waals surface area contributed by atoms with Gasteiger partial charge in [0.25, 0.3) is 0 Å². The van der Waals surface area contributed by atoms with Crippen molar-refractivity contribution in [1.82, 2.24) is 4.98 Å². The first kappa shape index (κ1) is 23.1. The third-order valence-corrected chi connectivity index (χ3v) is 5.39. The number of halogens is 3. The Morgan fingerprint density at radius 2 is 1.76 bits per heavy atom. The third-order valence-electron chi connectivity index (χ3n) is 5.39. The number of ether oxygens (including phenoxy) is 1. The van der Waals surface area contributed by atoms with Crippen LogP contribution in [-0.2, 0) is 10.9 Å². The highest BCUT2D eigenvalue weighted by Crippen LogP contribution is 2.40. The van der Waals surface area contributed by atoms with Gasteiger partial charge in [-0.15, -0.1) is 0 Å². The monoisotopic (exact) mass is 468 g/mol. The molecule has 2 aromatic heterocycles. The maximum atomic E-state index is 14.0. The van der Waals surface area contributed by atoms with Gasteiger partial charge in [-0.2, -0.15) is 13.2 Å². The Kier molecular flexibility index (Phi) is 6.12. The summed E-state index contributed by atoms with van der Waals surface area (Å²) >= 11 is 0. The highest BCUT2D eigenvalue weighted by atomic mass is 19.4. The molecule has 1 aromatic carbocycles. The van der Waals surface area contributed by atoms with Gasteiger partial charge in [-0.1, -0.05) is 0 Å². The van der Waals surface area contributed by atoms with Crippen molar-refractivity contribution in [3.05, 3.63) is 58.7 Å². The van der Waals surface area contributed by atoms with E-state index in [4.69, 9.17) is 14.3 Å². The molecule has 5 atom stereocenters. The molecule has 1 aliphatic heterocycles. The maximum Gasteiger partial charge on any atom is 0.417 e. The lowest BCUT2D eigenvalue weighted by Gasteiger charge is -2.40. The Morgan fingerprint density at radius 3 is 2.39 bits per heavy atom. The second kappa shape index (κ2) is 8.72. The summed E-state index contributed by atoms with van der Waals surface area (Å²) < 4.78 is 52.2. The van der Waals surface area contributed by atoms with E-state index >= 15 is 0 Å². The number of nitrogens with zero attached hydrogens (tertiary/aromatic N) is 1. The molecule has 3 aromatic rings. The number of hydrogen-bond acceptors (Lipinski definition) is 9. The summed E-state index contributed by atoms with van der Waals surface area (Å²) in [6.07, 6.45) is -8.35. The molecule has 176 valence electrons. The lowest BCUT2D eigenvalue weighted by Crippen LogP contribution is -2.61. The van der Waals surface area contributed by atoms with Gasteiger partial charge in [0.15, 0.2) is 6.29 Å². The first-order valence-corrected chi connectivity index (χ1v) is 9.77. The molecular formula is C21H19F3N2O7. The Bertz CT molecular complexity index is 1200. The van der Waals surface area contributed by atoms with Crippen LogP contribution in [0.3, 0.4) is 0 Å². The van der Waals surface area contributed by atoms with Gasteiger partial charge in [0, 0.05) is 29.5 Å². The second-order valence-electron chi connectivity index (χ2n) is 7.48. The van der Waals surface area contributed by atoms with Crippen LogP contribution in [0.4, 0.5) is 18.9 Å². The number of pyridine rings is 1. The molecule has 4 rings (SSSR count). The van der Waals surface area contributed by atoms with Crippen molar-refractivity contribution in [2.24, 2.45) is 0 Å². The summed E-state index contributed by atoms with van der Waals surface area (Å²) in [5, 5.41) is 41.8. The Morgan fingerprint density at radius 1 is 1.06 bits per heavy atom. The first-order valence-electron chi connectivity index (χ1n) is 9.77. The quantitative estimate of drug-likeness (QED) is 0.355. The largest absolute Gasteiger partial charge is 0.422 e. The van der Waals surface area contributed by atoms with Gasteiger partial charge < -0.3 is 34.9 Å². The van der Waals surface area contributed by atoms with Crippen LogP contribution < -0.4 is 10.9 Å². The Balaban J connectivity index is 1.77. The van der Waals surface area contributed by atoms with E-state index in [-0.39, 0.29) is 22.2 Å². The highest BCUT2D eigenvalue weighted by molar-refractivity contribution is 5.89. The third kappa shape index (κ3) is 4.30. The highest BCUT2D eigenvalue weighted by Gasteiger charge is 2.44. The molecule has 12 heteroatoms. The van der Waals surface area contributed by atoms with E-state index in [2.05, 4.69) is 10.3 Å². The minimum absolute atomic E-state index is 0.00630. The van der Waals surface area contributed by atoms with E-state index in [0.717, 1.165) is 12.1 Å². The van der Waals surface area contributed by atoms with Crippen LogP contribution in [0.5, 0.6) is 0 Å². The van der Waals surface area contributed by atoms with E-state index in [1.54, 1.807) is 0 Å². The van der Waals surface area contributed by atoms with Crippen LogP contribution in [0.2, 0.25) is 0 Å². The maximum absolute atomic E-state index is 14.0. The summed E-state index contributed by atoms with van der Waals surface area (Å²) in [7, 11) is 0. The molecule has 3 heterocycles. The van der Waals surface area contributed by atoms with Gasteiger partial charge in [-0.3, -0.25) is 4.98 Å². The molecule has 5 N–H and O–H groups in total. The first-order chi connectivity index (χ1) is 15.6. The van der Waals surface area contributed by atoms with Gasteiger partial charge in [-0.25, -0.2) is 4.79 Å². The Labute approximate surface area is 183 Å². The van der Waals surface area contributed by atoms with E-state index < -0.39 is 60.2 Å². The normalized spacial score (nSPS) is 25.8. The molecule has 33 heavy (non-hydrogen) atoms. The van der Waals surface area contributed by atoms with Crippen molar-refractivity contribution in [3.8, 4) is 11.1 Å². The number of aliphatic hydroxyl groups is 4. The van der Waals surface area contributed by atoms with E-state index in [9.17, 15) is 33.3 Å². The average Bonchev–Trinajstić information content (AvgIpc) is 2.78. The minimum atomic E-state index is -4.88. The van der Waals surface area contributed by atoms with E-state index in [1.165, 1.54) is 30.6 Å². The van der Waals surface area contributed by atoms with Crippen LogP contribution in [0, 0.1) is 0 Å². The molecule has 1 aliphatic rings. The molecule has 1 fully saturated rings. The topological polar surface area (TPSA) is 145 Å². The zero-order valence-corrected chi connectivity index (χ0v) is 16.7. The summed E-state index contributed by atoms with van der Waals surface area (Å²) in [6.45, 7) is -0.650. The van der Waals surface area contributed by atoms with Crippen LogP contribution in [-0.4, -0.2) is 62.7 Å². The molecule has 9 nitrogen and oxygen atoms in total. The van der Waals surface area contributed by atoms with E-state index in [0.29, 0.717) is 0 Å². The molecule has 0 spiro atoms. The number of aliphatic hydroxyl groups excluding tert-OH is 4. The van der Waals surface area contributed by atoms with Crippen molar-refractivity contribution in [1.29, 1.82) is 0 Å². The minimum Gasteiger partial charge on any atom is -0.422 e. The molecule has 0 radical (unpaired) electrons. The SMILES string of the molecule is O=c1oc2cc(NC3C(O)OC(CO)[C@H](O)C3O)ccc2c(C(F)(F)F)c1-c1ccncc1. The van der Waals surface area contributed by atoms with Gasteiger partial charge in [0.05, 0.1) is 17.7 Å². The summed E-state index contributed by atoms with van der Waals surface area (Å²) in [4.78, 5) is 16.3. The Hall–Kier alpha value is -3.03. The zero-order chi connectivity index (χ0) is 23.9. The number of fused-ring (bicyclic) bond motifs is 1. The molecule has 0 amide bonds. The number of alkyl halides is 3. The van der Waals surface area contributed by atoms with E-state index in [1.807, 2.05) is 0 Å². The lowest BCUT2D eigenvalue weighted by molar-refractivity contribution is -0.245. The van der Waals surface area contributed by atoms with Crippen LogP contribution in [0.15, 0.2) is 51.9 Å². The lowest BCUT2D eigenvalue weighted by atomic mass is 9.96. The predicted octanol–water partition coefficient (Wildman–Crippen LogP) is 1.09. The fourth-order valence-electron chi connectivity index (χ4n) is 3.81. The van der Waals surface area contributed by atoms with Crippen molar-refractivity contribution >= 4 is 16.7 Å². The van der Waals surface area contributed by atoms with Crippen molar-refractivity contribution < 1.29 is 42.8 Å². The van der Waals surface area contributed by atoms with Gasteiger partial charge in [0.1, 0.15) is 29.9 Å². The average molecular weight is 468 g/mol. The van der Waals surface area contributed by atoms with Gasteiger partial charge in [0.2, 0.25) is 0 Å². The standard InChI is InChI=1S/C21H19F3N2O7/c22-21(23,24)15-11-2-1-10(26-16-18(29)17(28)13(8-27)33-20(16)31)7-12(11)32-19(30)14(15)9-3-5-25-6-4-9/h1-7,13,16-18,20,26-29,31H,8H2/t13?,16?,17-,18?,20?/m0/s1. The number of rotatable bonds is 4. The second-order valence-corrected chi connectivity index (χ2v) is 7.48. The number of nitrogens with one attached hydrogen (secondary N) is 1. The molecule has 1 saturated heterocycles. The fraction of sp³-hybridized carbons (Fsp3) is 0.333. The summed E-state index contributed by atoms with van der Waals surface area (Å²) in [5.41, 5.74) is -3.34. The zero-order valence-electron chi connectivity index (χ0n) is 16.7. The number of aromatic nitrogens is 1. The van der Waals surface area contributed by atoms with Gasteiger partial charge in [-0.05, 0) is 29.8 Å². The number of anilines is 1. The smallest absolute Gasteiger partial charge is 0.417 e. The van der Waals surface area contributed by atoms with Crippen molar-refractivity contribution in [3.63, 3.8) is 0 Å². The van der Waals surface area contributed by atoms with Crippen LogP contribution in [0.1, 0.15) is 5.56 Å². The van der Waals surface area contributed by atoms with Crippen molar-refractivity contribution in [2.45, 2.75) is 36.8 Å². The summed E-state index contributed by atoms with van der Waals surface area (Å²) in [6, 6.07) is 4.67. The fourth-order valence-corrected chi connectivity index (χ4v) is 3.81. The number of hydrogen-bond donors (Lipinski definition) is 5. The van der Waals surface area contributed by atoms with Crippen molar-refractivity contribution in [2.75, 3.05) is 11.9 Å². The van der Waals surface area contributed by atoms with Gasteiger partial charge >= 0.3 is 11.8 Å². The van der Waals surface area contributed by atoms with Crippen LogP contribution >= 0.6 is 0 Å². The predicted molar refractivity (Wildman–Crippen MR) is 108 cm³/mol. The molecule has 0 saturated carbocycles. The number of benzene rings is 1. The molecule has 0 aliphatic carbocycles. The molecule has 4 unspecified atom stereocenters. The summed E-state index contributed by atoms with van der Waals surface area (Å²) in [5.74, 6) is 0. The molecule has 0 bridgehead atoms.